The van der Waals surface area contributed by atoms with E-state index in [2.05, 4.69) is 32.9 Å². The molecule has 0 N–H and O–H groups in total. The molecule has 0 amide bonds. The van der Waals surface area contributed by atoms with Crippen LogP contribution in [0.1, 0.15) is 51.2 Å². The summed E-state index contributed by atoms with van der Waals surface area (Å²) in [5.41, 5.74) is 4.87. The summed E-state index contributed by atoms with van der Waals surface area (Å²) >= 11 is 0. The zero-order valence-corrected chi connectivity index (χ0v) is 17.6. The smallest absolute Gasteiger partial charge is 0.207 e. The van der Waals surface area contributed by atoms with Crippen LogP contribution in [0, 0.1) is 6.92 Å². The minimum Gasteiger partial charge on any atom is -0.492 e. The van der Waals surface area contributed by atoms with Crippen LogP contribution in [0.5, 0.6) is 23.0 Å². The molecule has 0 spiro atoms. The van der Waals surface area contributed by atoms with E-state index in [0.717, 1.165) is 36.8 Å². The van der Waals surface area contributed by atoms with E-state index < -0.39 is 0 Å². The van der Waals surface area contributed by atoms with E-state index in [0.29, 0.717) is 23.0 Å². The van der Waals surface area contributed by atoms with Gasteiger partial charge in [0.15, 0.2) is 11.5 Å². The maximum atomic E-state index is 5.65. The maximum Gasteiger partial charge on any atom is 0.207 e. The molecule has 0 aliphatic heterocycles. The van der Waals surface area contributed by atoms with E-state index in [1.807, 2.05) is 6.92 Å². The highest BCUT2D eigenvalue weighted by Gasteiger charge is 2.24. The van der Waals surface area contributed by atoms with E-state index in [9.17, 15) is 0 Å². The Labute approximate surface area is 158 Å². The average molecular weight is 363 g/mol. The van der Waals surface area contributed by atoms with Crippen molar-refractivity contribution in [2.45, 2.75) is 53.4 Å². The lowest BCUT2D eigenvalue weighted by atomic mass is 9.99. The lowest BCUT2D eigenvalue weighted by Crippen LogP contribution is -2.04. The van der Waals surface area contributed by atoms with Crippen molar-refractivity contribution in [3.8, 4) is 23.0 Å². The summed E-state index contributed by atoms with van der Waals surface area (Å²) in [6.45, 7) is 8.57. The second-order valence-electron chi connectivity index (χ2n) is 6.43. The lowest BCUT2D eigenvalue weighted by Gasteiger charge is -2.21. The van der Waals surface area contributed by atoms with Crippen LogP contribution in [0.4, 0.5) is 0 Å². The fourth-order valence-corrected chi connectivity index (χ4v) is 2.97. The summed E-state index contributed by atoms with van der Waals surface area (Å²) in [5.74, 6) is 2.52. The molecule has 0 heterocycles. The summed E-state index contributed by atoms with van der Waals surface area (Å²) in [5, 5.41) is 0. The molecule has 0 unspecified atom stereocenters. The zero-order chi connectivity index (χ0) is 19.7. The Morgan fingerprint density at radius 1 is 0.769 bits per heavy atom. The largest absolute Gasteiger partial charge is 0.492 e. The minimum atomic E-state index is 0.564. The lowest BCUT2D eigenvalue weighted by molar-refractivity contribution is 0.302. The van der Waals surface area contributed by atoms with Crippen molar-refractivity contribution in [3.63, 3.8) is 0 Å². The molecule has 26 heavy (non-hydrogen) atoms. The van der Waals surface area contributed by atoms with Gasteiger partial charge in [-0.15, -0.1) is 0 Å². The maximum absolute atomic E-state index is 5.65. The Kier molecular flexibility index (Phi) is 9.11. The van der Waals surface area contributed by atoms with Gasteiger partial charge in [0.05, 0.1) is 28.4 Å². The molecule has 0 atom stereocenters. The van der Waals surface area contributed by atoms with Crippen LogP contribution in [0.2, 0.25) is 0 Å². The van der Waals surface area contributed by atoms with Crippen LogP contribution in [-0.2, 0) is 6.42 Å². The van der Waals surface area contributed by atoms with Crippen LogP contribution >= 0.6 is 0 Å². The molecule has 0 saturated heterocycles. The van der Waals surface area contributed by atoms with Gasteiger partial charge in [-0.2, -0.15) is 0 Å². The van der Waals surface area contributed by atoms with Gasteiger partial charge < -0.3 is 18.9 Å². The van der Waals surface area contributed by atoms with Gasteiger partial charge in [0.1, 0.15) is 0 Å². The molecule has 0 aliphatic carbocycles. The van der Waals surface area contributed by atoms with Crippen molar-refractivity contribution in [1.82, 2.24) is 0 Å². The number of methoxy groups -OCH3 is 4. The first kappa shape index (κ1) is 21.9. The Bertz CT molecular complexity index is 657. The third kappa shape index (κ3) is 5.20. The highest BCUT2D eigenvalue weighted by Crippen LogP contribution is 2.49. The van der Waals surface area contributed by atoms with Gasteiger partial charge in [0, 0.05) is 11.1 Å². The number of ether oxygens (including phenoxy) is 4. The van der Waals surface area contributed by atoms with Gasteiger partial charge in [-0.05, 0) is 46.5 Å². The van der Waals surface area contributed by atoms with Crippen molar-refractivity contribution in [3.05, 3.63) is 34.4 Å². The summed E-state index contributed by atoms with van der Waals surface area (Å²) in [7, 11) is 6.52. The molecular weight excluding hydrogens is 328 g/mol. The molecule has 0 aromatic heterocycles. The summed E-state index contributed by atoms with van der Waals surface area (Å²) in [6, 6.07) is 0. The molecule has 0 bridgehead atoms. The Balaban J connectivity index is 3.17. The first-order valence-corrected chi connectivity index (χ1v) is 9.11. The van der Waals surface area contributed by atoms with Crippen molar-refractivity contribution in [2.24, 2.45) is 0 Å². The Morgan fingerprint density at radius 3 is 1.81 bits per heavy atom. The molecule has 0 fully saturated rings. The molecule has 1 aromatic carbocycles. The molecule has 0 saturated carbocycles. The monoisotopic (exact) mass is 362 g/mol. The second-order valence-corrected chi connectivity index (χ2v) is 6.43. The van der Waals surface area contributed by atoms with Crippen LogP contribution in [0.3, 0.4) is 0 Å². The van der Waals surface area contributed by atoms with Crippen LogP contribution in [0.25, 0.3) is 0 Å². The predicted molar refractivity (Wildman–Crippen MR) is 108 cm³/mol. The minimum absolute atomic E-state index is 0.564. The molecule has 0 radical (unpaired) electrons. The highest BCUT2D eigenvalue weighted by atomic mass is 16.5. The van der Waals surface area contributed by atoms with Crippen molar-refractivity contribution >= 4 is 0 Å². The van der Waals surface area contributed by atoms with Crippen LogP contribution in [-0.4, -0.2) is 28.4 Å². The topological polar surface area (TPSA) is 36.9 Å². The van der Waals surface area contributed by atoms with Gasteiger partial charge in [-0.1, -0.05) is 30.2 Å². The van der Waals surface area contributed by atoms with E-state index >= 15 is 0 Å². The normalized spacial score (nSPS) is 12.2. The van der Waals surface area contributed by atoms with Crippen LogP contribution < -0.4 is 18.9 Å². The van der Waals surface area contributed by atoms with E-state index in [1.54, 1.807) is 28.4 Å². The SMILES string of the molecule is CC/C(C)=C/CC/C(C)=C/Cc1c(C)c(OC)c(OC)c(OC)c1OC. The van der Waals surface area contributed by atoms with Gasteiger partial charge in [0.25, 0.3) is 0 Å². The highest BCUT2D eigenvalue weighted by molar-refractivity contribution is 5.67. The number of allylic oxidation sites excluding steroid dienone is 4. The zero-order valence-electron chi connectivity index (χ0n) is 17.6. The third-order valence-corrected chi connectivity index (χ3v) is 4.75. The summed E-state index contributed by atoms with van der Waals surface area (Å²) in [6.07, 6.45) is 8.59. The van der Waals surface area contributed by atoms with E-state index in [1.165, 1.54) is 11.1 Å². The van der Waals surface area contributed by atoms with Gasteiger partial charge in [-0.3, -0.25) is 0 Å². The number of hydrogen-bond acceptors (Lipinski definition) is 4. The molecule has 0 aliphatic rings. The van der Waals surface area contributed by atoms with Gasteiger partial charge in [0.2, 0.25) is 11.5 Å². The fourth-order valence-electron chi connectivity index (χ4n) is 2.97. The fraction of sp³-hybridized carbons (Fsp3) is 0.545. The molecular formula is C22H34O4. The second kappa shape index (κ2) is 10.8. The number of rotatable bonds is 10. The van der Waals surface area contributed by atoms with Crippen molar-refractivity contribution in [1.29, 1.82) is 0 Å². The number of benzene rings is 1. The summed E-state index contributed by atoms with van der Waals surface area (Å²) < 4.78 is 22.3. The third-order valence-electron chi connectivity index (χ3n) is 4.75. The standard InChI is InChI=1S/C22H34O4/c1-9-15(2)11-10-12-16(3)13-14-18-17(4)19(23-5)21(25-7)22(26-8)20(18)24-6/h11,13H,9-10,12,14H2,1-8H3/b15-11+,16-13+. The molecule has 1 aromatic rings. The summed E-state index contributed by atoms with van der Waals surface area (Å²) in [4.78, 5) is 0. The Morgan fingerprint density at radius 2 is 1.31 bits per heavy atom. The quantitative estimate of drug-likeness (QED) is 0.504. The van der Waals surface area contributed by atoms with Gasteiger partial charge in [-0.25, -0.2) is 0 Å². The predicted octanol–water partition coefficient (Wildman–Crippen LogP) is 5.65. The molecule has 4 heteroatoms. The first-order chi connectivity index (χ1) is 12.4. The Hall–Kier alpha value is -2.10. The molecule has 1 rings (SSSR count). The van der Waals surface area contributed by atoms with Crippen LogP contribution in [0.15, 0.2) is 23.3 Å². The average Bonchev–Trinajstić information content (AvgIpc) is 2.65. The van der Waals surface area contributed by atoms with E-state index in [-0.39, 0.29) is 0 Å². The van der Waals surface area contributed by atoms with Crippen molar-refractivity contribution in [2.75, 3.05) is 28.4 Å². The molecule has 146 valence electrons. The first-order valence-electron chi connectivity index (χ1n) is 9.11. The van der Waals surface area contributed by atoms with Gasteiger partial charge >= 0.3 is 0 Å². The molecule has 4 nitrogen and oxygen atoms in total. The van der Waals surface area contributed by atoms with E-state index in [4.69, 9.17) is 18.9 Å². The number of hydrogen-bond donors (Lipinski definition) is 0. The van der Waals surface area contributed by atoms with Crippen molar-refractivity contribution < 1.29 is 18.9 Å².